The van der Waals surface area contributed by atoms with E-state index in [4.69, 9.17) is 5.73 Å². The first-order chi connectivity index (χ1) is 5.83. The average molecular weight is 161 g/mol. The van der Waals surface area contributed by atoms with Crippen molar-refractivity contribution in [2.75, 3.05) is 5.73 Å². The van der Waals surface area contributed by atoms with Gasteiger partial charge in [-0.25, -0.2) is 4.52 Å². The molecule has 2 rings (SSSR count). The third kappa shape index (κ3) is 0.863. The van der Waals surface area contributed by atoms with E-state index >= 15 is 0 Å². The van der Waals surface area contributed by atoms with Crippen LogP contribution in [0.25, 0.3) is 5.52 Å². The second-order valence-electron chi connectivity index (χ2n) is 2.77. The summed E-state index contributed by atoms with van der Waals surface area (Å²) in [6.07, 6.45) is 2.66. The molecule has 62 valence electrons. The summed E-state index contributed by atoms with van der Waals surface area (Å²) in [4.78, 5) is 0. The summed E-state index contributed by atoms with van der Waals surface area (Å²) < 4.78 is 1.88. The van der Waals surface area contributed by atoms with Crippen LogP contribution in [-0.2, 0) is 6.42 Å². The molecule has 0 atom stereocenters. The molecule has 0 radical (unpaired) electrons. The number of pyridine rings is 1. The first kappa shape index (κ1) is 7.16. The van der Waals surface area contributed by atoms with Gasteiger partial charge in [0.15, 0.2) is 0 Å². The Bertz CT molecular complexity index is 403. The predicted octanol–water partition coefficient (Wildman–Crippen LogP) is 1.48. The molecular formula is C9H11N3. The molecule has 0 aliphatic heterocycles. The molecule has 0 aliphatic rings. The highest BCUT2D eigenvalue weighted by Crippen LogP contribution is 2.14. The van der Waals surface area contributed by atoms with Crippen molar-refractivity contribution >= 4 is 11.2 Å². The van der Waals surface area contributed by atoms with Gasteiger partial charge in [-0.1, -0.05) is 13.0 Å². The summed E-state index contributed by atoms with van der Waals surface area (Å²) >= 11 is 0. The smallest absolute Gasteiger partial charge is 0.0894 e. The molecule has 2 aromatic rings. The molecule has 0 aliphatic carbocycles. The third-order valence-electron chi connectivity index (χ3n) is 2.01. The fraction of sp³-hybridized carbons (Fsp3) is 0.222. The summed E-state index contributed by atoms with van der Waals surface area (Å²) in [5.74, 6) is 0. The van der Waals surface area contributed by atoms with Gasteiger partial charge in [0.05, 0.1) is 17.4 Å². The SMILES string of the molecule is CCc1cccc2c(N)cnn12. The van der Waals surface area contributed by atoms with E-state index < -0.39 is 0 Å². The van der Waals surface area contributed by atoms with Crippen LogP contribution in [0.15, 0.2) is 24.4 Å². The van der Waals surface area contributed by atoms with E-state index in [2.05, 4.69) is 18.1 Å². The number of nitrogen functional groups attached to an aromatic ring is 1. The Morgan fingerprint density at radius 1 is 1.50 bits per heavy atom. The summed E-state index contributed by atoms with van der Waals surface area (Å²) in [5, 5.41) is 4.18. The topological polar surface area (TPSA) is 43.3 Å². The number of nitrogens with zero attached hydrogens (tertiary/aromatic N) is 2. The maximum absolute atomic E-state index is 5.72. The summed E-state index contributed by atoms with van der Waals surface area (Å²) in [6.45, 7) is 2.10. The van der Waals surface area contributed by atoms with Crippen molar-refractivity contribution in [3.8, 4) is 0 Å². The zero-order valence-electron chi connectivity index (χ0n) is 6.99. The molecule has 12 heavy (non-hydrogen) atoms. The molecule has 0 fully saturated rings. The number of nitrogens with two attached hydrogens (primary N) is 1. The van der Waals surface area contributed by atoms with Crippen molar-refractivity contribution in [2.45, 2.75) is 13.3 Å². The monoisotopic (exact) mass is 161 g/mol. The Balaban J connectivity index is 2.81. The molecule has 2 aromatic heterocycles. The van der Waals surface area contributed by atoms with E-state index in [1.165, 1.54) is 5.69 Å². The van der Waals surface area contributed by atoms with Crippen molar-refractivity contribution in [3.05, 3.63) is 30.1 Å². The minimum Gasteiger partial charge on any atom is -0.396 e. The molecule has 0 saturated carbocycles. The first-order valence-corrected chi connectivity index (χ1v) is 4.04. The molecule has 0 amide bonds. The Hall–Kier alpha value is -1.51. The van der Waals surface area contributed by atoms with Gasteiger partial charge < -0.3 is 5.73 Å². The average Bonchev–Trinajstić information content (AvgIpc) is 2.48. The lowest BCUT2D eigenvalue weighted by Crippen LogP contribution is -1.95. The van der Waals surface area contributed by atoms with Crippen LogP contribution in [0.1, 0.15) is 12.6 Å². The van der Waals surface area contributed by atoms with Crippen molar-refractivity contribution in [3.63, 3.8) is 0 Å². The van der Waals surface area contributed by atoms with Gasteiger partial charge >= 0.3 is 0 Å². The molecule has 2 N–H and O–H groups in total. The van der Waals surface area contributed by atoms with E-state index in [0.717, 1.165) is 17.6 Å². The predicted molar refractivity (Wildman–Crippen MR) is 49.0 cm³/mol. The highest BCUT2D eigenvalue weighted by Gasteiger charge is 2.01. The van der Waals surface area contributed by atoms with Crippen molar-refractivity contribution in [1.29, 1.82) is 0 Å². The fourth-order valence-corrected chi connectivity index (χ4v) is 1.35. The molecular weight excluding hydrogens is 150 g/mol. The van der Waals surface area contributed by atoms with Gasteiger partial charge in [0.2, 0.25) is 0 Å². The van der Waals surface area contributed by atoms with E-state index in [0.29, 0.717) is 0 Å². The zero-order valence-corrected chi connectivity index (χ0v) is 6.99. The van der Waals surface area contributed by atoms with E-state index in [1.54, 1.807) is 6.20 Å². The van der Waals surface area contributed by atoms with Gasteiger partial charge in [0.25, 0.3) is 0 Å². The van der Waals surface area contributed by atoms with Crippen molar-refractivity contribution in [1.82, 2.24) is 9.61 Å². The number of aromatic nitrogens is 2. The minimum atomic E-state index is 0.741. The maximum atomic E-state index is 5.72. The van der Waals surface area contributed by atoms with Gasteiger partial charge in [-0.2, -0.15) is 5.10 Å². The van der Waals surface area contributed by atoms with Gasteiger partial charge in [-0.05, 0) is 18.6 Å². The van der Waals surface area contributed by atoms with Crippen LogP contribution in [0, 0.1) is 0 Å². The number of aryl methyl sites for hydroxylation is 1. The van der Waals surface area contributed by atoms with Crippen molar-refractivity contribution in [2.24, 2.45) is 0 Å². The lowest BCUT2D eigenvalue weighted by Gasteiger charge is -2.00. The summed E-state index contributed by atoms with van der Waals surface area (Å²) in [7, 11) is 0. The summed E-state index contributed by atoms with van der Waals surface area (Å²) in [6, 6.07) is 6.03. The Labute approximate surface area is 70.8 Å². The lowest BCUT2D eigenvalue weighted by atomic mass is 10.3. The fourth-order valence-electron chi connectivity index (χ4n) is 1.35. The van der Waals surface area contributed by atoms with Crippen LogP contribution < -0.4 is 5.73 Å². The quantitative estimate of drug-likeness (QED) is 0.688. The van der Waals surface area contributed by atoms with Crippen molar-refractivity contribution < 1.29 is 0 Å². The number of hydrogen-bond acceptors (Lipinski definition) is 2. The standard InChI is InChI=1S/C9H11N3/c1-2-7-4-3-5-9-8(10)6-11-12(7)9/h3-6H,2,10H2,1H3. The summed E-state index contributed by atoms with van der Waals surface area (Å²) in [5.41, 5.74) is 8.64. The van der Waals surface area contributed by atoms with Gasteiger partial charge in [-0.3, -0.25) is 0 Å². The second kappa shape index (κ2) is 2.52. The molecule has 0 unspecified atom stereocenters. The largest absolute Gasteiger partial charge is 0.396 e. The molecule has 2 heterocycles. The van der Waals surface area contributed by atoms with E-state index in [1.807, 2.05) is 16.6 Å². The number of rotatable bonds is 1. The van der Waals surface area contributed by atoms with Gasteiger partial charge in [-0.15, -0.1) is 0 Å². The Morgan fingerprint density at radius 2 is 2.33 bits per heavy atom. The number of hydrogen-bond donors (Lipinski definition) is 1. The highest BCUT2D eigenvalue weighted by molar-refractivity contribution is 5.68. The zero-order chi connectivity index (χ0) is 8.55. The lowest BCUT2D eigenvalue weighted by molar-refractivity contribution is 0.865. The van der Waals surface area contributed by atoms with Crippen LogP contribution in [-0.4, -0.2) is 9.61 Å². The Kier molecular flexibility index (Phi) is 1.50. The molecule has 0 spiro atoms. The van der Waals surface area contributed by atoms with Gasteiger partial charge in [0, 0.05) is 5.69 Å². The van der Waals surface area contributed by atoms with Crippen LogP contribution in [0.4, 0.5) is 5.69 Å². The number of fused-ring (bicyclic) bond motifs is 1. The molecule has 3 nitrogen and oxygen atoms in total. The normalized spacial score (nSPS) is 10.8. The Morgan fingerprint density at radius 3 is 3.08 bits per heavy atom. The van der Waals surface area contributed by atoms with Crippen LogP contribution in [0.5, 0.6) is 0 Å². The van der Waals surface area contributed by atoms with E-state index in [9.17, 15) is 0 Å². The molecule has 0 aromatic carbocycles. The van der Waals surface area contributed by atoms with Crippen LogP contribution in [0.3, 0.4) is 0 Å². The number of anilines is 1. The highest BCUT2D eigenvalue weighted by atomic mass is 15.2. The van der Waals surface area contributed by atoms with Crippen LogP contribution >= 0.6 is 0 Å². The van der Waals surface area contributed by atoms with Crippen LogP contribution in [0.2, 0.25) is 0 Å². The molecule has 0 bridgehead atoms. The molecule has 3 heteroatoms. The minimum absolute atomic E-state index is 0.741. The van der Waals surface area contributed by atoms with E-state index in [-0.39, 0.29) is 0 Å². The maximum Gasteiger partial charge on any atom is 0.0894 e. The molecule has 0 saturated heterocycles. The second-order valence-corrected chi connectivity index (χ2v) is 2.77. The van der Waals surface area contributed by atoms with Gasteiger partial charge in [0.1, 0.15) is 0 Å². The third-order valence-corrected chi connectivity index (χ3v) is 2.01. The first-order valence-electron chi connectivity index (χ1n) is 4.04.